The summed E-state index contributed by atoms with van der Waals surface area (Å²) in [7, 11) is 0. The monoisotopic (exact) mass is 291 g/mol. The zero-order chi connectivity index (χ0) is 11.4. The molecule has 0 spiro atoms. The van der Waals surface area contributed by atoms with Crippen LogP contribution in [0.1, 0.15) is 11.8 Å². The molecule has 0 saturated heterocycles. The Hall–Kier alpha value is -0.880. The number of thiophene rings is 1. The normalized spacial score (nSPS) is 12.1. The molecule has 4 nitrogen and oxygen atoms in total. The lowest BCUT2D eigenvalue weighted by molar-refractivity contribution is -0.141. The van der Waals surface area contributed by atoms with Crippen LogP contribution in [0.25, 0.3) is 0 Å². The molecule has 0 saturated carbocycles. The number of carboxylic acids is 1. The van der Waals surface area contributed by atoms with Gasteiger partial charge in [-0.2, -0.15) is 0 Å². The van der Waals surface area contributed by atoms with Crippen LogP contribution in [0.3, 0.4) is 0 Å². The summed E-state index contributed by atoms with van der Waals surface area (Å²) >= 11 is 4.78. The maximum atomic E-state index is 10.8. The molecule has 0 aliphatic rings. The van der Waals surface area contributed by atoms with Gasteiger partial charge in [-0.3, -0.25) is 4.79 Å². The van der Waals surface area contributed by atoms with Crippen molar-refractivity contribution in [3.8, 4) is 0 Å². The van der Waals surface area contributed by atoms with E-state index in [4.69, 9.17) is 5.11 Å². The molecule has 2 N–H and O–H groups in total. The summed E-state index contributed by atoms with van der Waals surface area (Å²) < 4.78 is 0.879. The molecule has 0 bridgehead atoms. The Kier molecular flexibility index (Phi) is 4.28. The Morgan fingerprint density at radius 3 is 2.73 bits per heavy atom. The molecule has 15 heavy (non-hydrogen) atoms. The number of carbonyl (C=O) groups is 2. The van der Waals surface area contributed by atoms with Crippen molar-refractivity contribution in [2.75, 3.05) is 0 Å². The van der Waals surface area contributed by atoms with Gasteiger partial charge in [-0.25, -0.2) is 4.79 Å². The highest BCUT2D eigenvalue weighted by molar-refractivity contribution is 9.10. The number of aliphatic carboxylic acids is 1. The van der Waals surface area contributed by atoms with Crippen molar-refractivity contribution in [2.45, 2.75) is 19.4 Å². The smallest absolute Gasteiger partial charge is 0.326 e. The van der Waals surface area contributed by atoms with E-state index in [0.717, 1.165) is 9.35 Å². The predicted octanol–water partition coefficient (Wildman–Crippen LogP) is 1.64. The Bertz CT molecular complexity index is 377. The first-order chi connectivity index (χ1) is 7.00. The summed E-state index contributed by atoms with van der Waals surface area (Å²) in [6, 6.07) is 0.990. The number of halogens is 1. The molecule has 1 atom stereocenters. The average Bonchev–Trinajstić information content (AvgIpc) is 2.50. The van der Waals surface area contributed by atoms with Crippen molar-refractivity contribution in [1.29, 1.82) is 0 Å². The van der Waals surface area contributed by atoms with E-state index in [1.54, 1.807) is 0 Å². The van der Waals surface area contributed by atoms with Gasteiger partial charge in [-0.1, -0.05) is 0 Å². The number of carbonyl (C=O) groups excluding carboxylic acids is 1. The molecule has 0 unspecified atom stereocenters. The topological polar surface area (TPSA) is 66.4 Å². The molecule has 1 aromatic heterocycles. The summed E-state index contributed by atoms with van der Waals surface area (Å²) in [6.45, 7) is 1.30. The summed E-state index contributed by atoms with van der Waals surface area (Å²) in [4.78, 5) is 22.5. The van der Waals surface area contributed by atoms with Crippen molar-refractivity contribution in [2.24, 2.45) is 0 Å². The lowest BCUT2D eigenvalue weighted by Crippen LogP contribution is -2.41. The van der Waals surface area contributed by atoms with Crippen LogP contribution in [0.5, 0.6) is 0 Å². The van der Waals surface area contributed by atoms with Crippen molar-refractivity contribution in [3.63, 3.8) is 0 Å². The standard InChI is InChI=1S/C9H10BrNO3S/c1-5(12)11-7(9(13)14)4-8-6(10)2-3-15-8/h2-3,7H,4H2,1H3,(H,11,12)(H,13,14)/t7-/m0/s1. The molecule has 6 heteroatoms. The van der Waals surface area contributed by atoms with E-state index >= 15 is 0 Å². The van der Waals surface area contributed by atoms with Crippen LogP contribution in [-0.2, 0) is 16.0 Å². The highest BCUT2D eigenvalue weighted by Gasteiger charge is 2.20. The maximum absolute atomic E-state index is 10.8. The van der Waals surface area contributed by atoms with Crippen LogP contribution in [0, 0.1) is 0 Å². The minimum Gasteiger partial charge on any atom is -0.480 e. The van der Waals surface area contributed by atoms with Crippen LogP contribution < -0.4 is 5.32 Å². The number of rotatable bonds is 4. The molecule has 82 valence electrons. The highest BCUT2D eigenvalue weighted by Crippen LogP contribution is 2.23. The SMILES string of the molecule is CC(=O)N[C@@H](Cc1sccc1Br)C(=O)O. The fraction of sp³-hybridized carbons (Fsp3) is 0.333. The average molecular weight is 292 g/mol. The van der Waals surface area contributed by atoms with Crippen molar-refractivity contribution in [3.05, 3.63) is 20.8 Å². The Morgan fingerprint density at radius 2 is 2.33 bits per heavy atom. The van der Waals surface area contributed by atoms with E-state index in [-0.39, 0.29) is 5.91 Å². The molecule has 1 heterocycles. The van der Waals surface area contributed by atoms with Crippen LogP contribution in [-0.4, -0.2) is 23.0 Å². The van der Waals surface area contributed by atoms with Crippen molar-refractivity contribution < 1.29 is 14.7 Å². The summed E-state index contributed by atoms with van der Waals surface area (Å²) in [5, 5.41) is 13.1. The van der Waals surface area contributed by atoms with Gasteiger partial charge in [0.1, 0.15) is 6.04 Å². The quantitative estimate of drug-likeness (QED) is 0.886. The third kappa shape index (κ3) is 3.64. The fourth-order valence-corrected chi connectivity index (χ4v) is 2.66. The fourth-order valence-electron chi connectivity index (χ4n) is 1.10. The summed E-state index contributed by atoms with van der Waals surface area (Å²) in [5.41, 5.74) is 0. The van der Waals surface area contributed by atoms with E-state index in [0.29, 0.717) is 6.42 Å². The van der Waals surface area contributed by atoms with Gasteiger partial charge in [0, 0.05) is 22.7 Å². The lowest BCUT2D eigenvalue weighted by Gasteiger charge is -2.12. The minimum atomic E-state index is -1.02. The van der Waals surface area contributed by atoms with Gasteiger partial charge in [-0.15, -0.1) is 11.3 Å². The van der Waals surface area contributed by atoms with Crippen molar-refractivity contribution in [1.82, 2.24) is 5.32 Å². The van der Waals surface area contributed by atoms with Gasteiger partial charge in [0.05, 0.1) is 0 Å². The Balaban J connectivity index is 2.71. The van der Waals surface area contributed by atoms with E-state index in [9.17, 15) is 9.59 Å². The largest absolute Gasteiger partial charge is 0.480 e. The molecule has 0 radical (unpaired) electrons. The van der Waals surface area contributed by atoms with Crippen LogP contribution in [0.15, 0.2) is 15.9 Å². The molecule has 0 aliphatic carbocycles. The first-order valence-electron chi connectivity index (χ1n) is 4.22. The van der Waals surface area contributed by atoms with E-state index in [2.05, 4.69) is 21.2 Å². The summed E-state index contributed by atoms with van der Waals surface area (Å²) in [6.07, 6.45) is 0.299. The van der Waals surface area contributed by atoms with Gasteiger partial charge in [0.15, 0.2) is 0 Å². The predicted molar refractivity (Wildman–Crippen MR) is 61.0 cm³/mol. The second kappa shape index (κ2) is 5.27. The van der Waals surface area contributed by atoms with Gasteiger partial charge >= 0.3 is 5.97 Å². The number of amides is 1. The van der Waals surface area contributed by atoms with Gasteiger partial charge in [0.2, 0.25) is 5.91 Å². The third-order valence-electron chi connectivity index (χ3n) is 1.76. The highest BCUT2D eigenvalue weighted by atomic mass is 79.9. The molecule has 0 fully saturated rings. The van der Waals surface area contributed by atoms with Gasteiger partial charge in [0.25, 0.3) is 0 Å². The van der Waals surface area contributed by atoms with Crippen LogP contribution in [0.4, 0.5) is 0 Å². The number of carboxylic acid groups (broad SMARTS) is 1. The van der Waals surface area contributed by atoms with Crippen LogP contribution >= 0.6 is 27.3 Å². The maximum Gasteiger partial charge on any atom is 0.326 e. The number of nitrogens with one attached hydrogen (secondary N) is 1. The first-order valence-corrected chi connectivity index (χ1v) is 5.89. The minimum absolute atomic E-state index is 0.299. The molecule has 0 aromatic carbocycles. The molecular formula is C9H10BrNO3S. The van der Waals surface area contributed by atoms with E-state index in [1.807, 2.05) is 11.4 Å². The molecular weight excluding hydrogens is 282 g/mol. The number of hydrogen-bond acceptors (Lipinski definition) is 3. The van der Waals surface area contributed by atoms with Crippen molar-refractivity contribution >= 4 is 39.1 Å². The van der Waals surface area contributed by atoms with Gasteiger partial charge in [-0.05, 0) is 27.4 Å². The van der Waals surface area contributed by atoms with Crippen LogP contribution in [0.2, 0.25) is 0 Å². The molecule has 1 aromatic rings. The molecule has 1 rings (SSSR count). The summed E-state index contributed by atoms with van der Waals surface area (Å²) in [5.74, 6) is -1.36. The van der Waals surface area contributed by atoms with E-state index < -0.39 is 12.0 Å². The van der Waals surface area contributed by atoms with Gasteiger partial charge < -0.3 is 10.4 Å². The number of hydrogen-bond donors (Lipinski definition) is 2. The molecule has 0 aliphatic heterocycles. The second-order valence-electron chi connectivity index (χ2n) is 2.99. The lowest BCUT2D eigenvalue weighted by atomic mass is 10.2. The third-order valence-corrected chi connectivity index (χ3v) is 3.70. The Morgan fingerprint density at radius 1 is 1.67 bits per heavy atom. The zero-order valence-electron chi connectivity index (χ0n) is 7.99. The second-order valence-corrected chi connectivity index (χ2v) is 4.84. The Labute approximate surface area is 99.4 Å². The van der Waals surface area contributed by atoms with E-state index in [1.165, 1.54) is 18.3 Å². The first kappa shape index (κ1) is 12.2. The molecule has 1 amide bonds. The zero-order valence-corrected chi connectivity index (χ0v) is 10.4.